The van der Waals surface area contributed by atoms with E-state index in [4.69, 9.17) is 13.7 Å². The fourth-order valence-electron chi connectivity index (χ4n) is 5.14. The van der Waals surface area contributed by atoms with Crippen LogP contribution in [0.1, 0.15) is 32.3 Å². The Labute approximate surface area is 222 Å². The van der Waals surface area contributed by atoms with Crippen molar-refractivity contribution in [3.63, 3.8) is 0 Å². The molecule has 6 rings (SSSR count). The maximum Gasteiger partial charge on any atom is 0.312 e. The summed E-state index contributed by atoms with van der Waals surface area (Å²) < 4.78 is 41.4. The number of methoxy groups -OCH3 is 2. The molecule has 0 spiro atoms. The molecule has 10 heteroatoms. The number of carbonyl (C=O) groups is 1. The van der Waals surface area contributed by atoms with Gasteiger partial charge in [-0.1, -0.05) is 18.2 Å². The highest BCUT2D eigenvalue weighted by molar-refractivity contribution is 7.88. The number of anilines is 3. The Morgan fingerprint density at radius 3 is 2.37 bits per heavy atom. The highest BCUT2D eigenvalue weighted by atomic mass is 32.2. The third-order valence-electron chi connectivity index (χ3n) is 7.19. The second kappa shape index (κ2) is 8.56. The Bertz CT molecular complexity index is 1560. The van der Waals surface area contributed by atoms with Gasteiger partial charge in [-0.3, -0.25) is 9.80 Å². The van der Waals surface area contributed by atoms with Crippen LogP contribution in [0.2, 0.25) is 0 Å². The molecule has 2 heterocycles. The van der Waals surface area contributed by atoms with Gasteiger partial charge in [-0.05, 0) is 62.6 Å². The Morgan fingerprint density at radius 2 is 1.66 bits per heavy atom. The second-order valence-electron chi connectivity index (χ2n) is 10.2. The van der Waals surface area contributed by atoms with Crippen LogP contribution in [0.4, 0.5) is 17.1 Å². The lowest BCUT2D eigenvalue weighted by atomic mass is 9.93. The molecule has 0 saturated heterocycles. The van der Waals surface area contributed by atoms with Crippen LogP contribution in [0.15, 0.2) is 54.6 Å². The molecule has 198 valence electrons. The number of hydrogen-bond donors (Lipinski definition) is 1. The summed E-state index contributed by atoms with van der Waals surface area (Å²) in [7, 11) is -0.499. The number of nitrogens with one attached hydrogen (secondary N) is 1. The van der Waals surface area contributed by atoms with Crippen LogP contribution in [0.25, 0.3) is 11.1 Å². The van der Waals surface area contributed by atoms with Crippen molar-refractivity contribution in [1.82, 2.24) is 0 Å². The third kappa shape index (κ3) is 3.82. The number of para-hydroxylation sites is 2. The normalized spacial score (nSPS) is 17.6. The summed E-state index contributed by atoms with van der Waals surface area (Å²) in [4.78, 5) is 13.7. The van der Waals surface area contributed by atoms with Crippen molar-refractivity contribution < 1.29 is 26.9 Å². The number of carbonyl (C=O) groups excluding carboxylic acids is 1. The van der Waals surface area contributed by atoms with Gasteiger partial charge in [0, 0.05) is 17.2 Å². The van der Waals surface area contributed by atoms with Gasteiger partial charge >= 0.3 is 10.1 Å². The molecule has 0 bridgehead atoms. The number of nitrogens with zero attached hydrogens (tertiary/aromatic N) is 2. The molecule has 1 aliphatic carbocycles. The summed E-state index contributed by atoms with van der Waals surface area (Å²) >= 11 is 0. The SMILES string of the molecule is COc1cc(OS(=O)(=O)C2CC2)ccc1-c1ccc2c3c1CN(c1ccccc1OC)N3C(=O)C(C)(C)N2. The van der Waals surface area contributed by atoms with Gasteiger partial charge in [0.1, 0.15) is 28.5 Å². The van der Waals surface area contributed by atoms with Gasteiger partial charge in [0.2, 0.25) is 0 Å². The first-order valence-corrected chi connectivity index (χ1v) is 13.9. The van der Waals surface area contributed by atoms with Crippen LogP contribution in [-0.2, 0) is 21.5 Å². The van der Waals surface area contributed by atoms with E-state index in [1.807, 2.05) is 55.3 Å². The number of amides is 1. The maximum atomic E-state index is 13.7. The largest absolute Gasteiger partial charge is 0.496 e. The number of hydrogen-bond acceptors (Lipinski definition) is 8. The van der Waals surface area contributed by atoms with Gasteiger partial charge in [0.15, 0.2) is 0 Å². The molecule has 0 aromatic heterocycles. The van der Waals surface area contributed by atoms with E-state index in [2.05, 4.69) is 5.32 Å². The molecule has 0 radical (unpaired) electrons. The summed E-state index contributed by atoms with van der Waals surface area (Å²) in [5, 5.41) is 6.62. The van der Waals surface area contributed by atoms with Crippen molar-refractivity contribution in [1.29, 1.82) is 0 Å². The van der Waals surface area contributed by atoms with Crippen molar-refractivity contribution in [2.45, 2.75) is 44.0 Å². The van der Waals surface area contributed by atoms with Gasteiger partial charge in [-0.25, -0.2) is 5.01 Å². The number of benzene rings is 3. The predicted molar refractivity (Wildman–Crippen MR) is 145 cm³/mol. The fourth-order valence-corrected chi connectivity index (χ4v) is 6.36. The molecule has 3 aromatic carbocycles. The van der Waals surface area contributed by atoms with Crippen LogP contribution in [0.3, 0.4) is 0 Å². The van der Waals surface area contributed by atoms with Gasteiger partial charge < -0.3 is 19.0 Å². The van der Waals surface area contributed by atoms with Crippen LogP contribution in [0, 0.1) is 0 Å². The highest BCUT2D eigenvalue weighted by Gasteiger charge is 2.47. The lowest BCUT2D eigenvalue weighted by Gasteiger charge is -2.41. The van der Waals surface area contributed by atoms with Gasteiger partial charge in [-0.2, -0.15) is 8.42 Å². The Kier molecular flexibility index (Phi) is 5.50. The van der Waals surface area contributed by atoms with Crippen LogP contribution < -0.4 is 29.0 Å². The molecule has 0 unspecified atom stereocenters. The Hall–Kier alpha value is -3.92. The topological polar surface area (TPSA) is 97.4 Å². The number of ether oxygens (including phenoxy) is 2. The van der Waals surface area contributed by atoms with Gasteiger partial charge in [-0.15, -0.1) is 0 Å². The molecule has 3 aromatic rings. The molecule has 1 N–H and O–H groups in total. The molecule has 1 amide bonds. The zero-order valence-corrected chi connectivity index (χ0v) is 22.5. The van der Waals surface area contributed by atoms with E-state index < -0.39 is 20.9 Å². The minimum Gasteiger partial charge on any atom is -0.496 e. The first-order chi connectivity index (χ1) is 18.1. The minimum absolute atomic E-state index is 0.0900. The van der Waals surface area contributed by atoms with Crippen molar-refractivity contribution in [3.8, 4) is 28.4 Å². The fraction of sp³-hybridized carbons (Fsp3) is 0.321. The highest BCUT2D eigenvalue weighted by Crippen LogP contribution is 2.51. The molecule has 2 aliphatic heterocycles. The molecule has 3 aliphatic rings. The van der Waals surface area contributed by atoms with Crippen LogP contribution >= 0.6 is 0 Å². The number of hydrazine groups is 1. The van der Waals surface area contributed by atoms with Crippen LogP contribution in [0.5, 0.6) is 17.2 Å². The molecule has 9 nitrogen and oxygen atoms in total. The van der Waals surface area contributed by atoms with Crippen molar-refractivity contribution >= 4 is 33.1 Å². The lowest BCUT2D eigenvalue weighted by molar-refractivity contribution is -0.122. The van der Waals surface area contributed by atoms with E-state index in [0.717, 1.165) is 33.8 Å². The molecular formula is C28H29N3O6S. The van der Waals surface area contributed by atoms with E-state index in [1.165, 1.54) is 7.11 Å². The van der Waals surface area contributed by atoms with Gasteiger partial charge in [0.05, 0.1) is 37.4 Å². The Balaban J connectivity index is 1.47. The average Bonchev–Trinajstić information content (AvgIpc) is 3.69. The van der Waals surface area contributed by atoms with Crippen molar-refractivity contribution in [2.75, 3.05) is 29.6 Å². The zero-order chi connectivity index (χ0) is 26.8. The first-order valence-electron chi connectivity index (χ1n) is 12.5. The average molecular weight is 536 g/mol. The predicted octanol–water partition coefficient (Wildman–Crippen LogP) is 4.71. The number of rotatable bonds is 7. The molecule has 1 fully saturated rings. The summed E-state index contributed by atoms with van der Waals surface area (Å²) in [5.74, 6) is 1.25. The minimum atomic E-state index is -3.65. The lowest BCUT2D eigenvalue weighted by Crippen LogP contribution is -2.57. The summed E-state index contributed by atoms with van der Waals surface area (Å²) in [6.45, 7) is 4.14. The van der Waals surface area contributed by atoms with E-state index in [1.54, 1.807) is 30.3 Å². The molecule has 1 saturated carbocycles. The van der Waals surface area contributed by atoms with Crippen molar-refractivity contribution in [3.05, 3.63) is 60.2 Å². The van der Waals surface area contributed by atoms with E-state index in [-0.39, 0.29) is 11.7 Å². The van der Waals surface area contributed by atoms with Crippen molar-refractivity contribution in [2.24, 2.45) is 0 Å². The molecule has 0 atom stereocenters. The summed E-state index contributed by atoms with van der Waals surface area (Å²) in [5.41, 5.74) is 4.14. The molecule has 38 heavy (non-hydrogen) atoms. The molecular weight excluding hydrogens is 506 g/mol. The van der Waals surface area contributed by atoms with E-state index in [9.17, 15) is 13.2 Å². The zero-order valence-electron chi connectivity index (χ0n) is 21.6. The third-order valence-corrected chi connectivity index (χ3v) is 8.90. The van der Waals surface area contributed by atoms with Gasteiger partial charge in [0.25, 0.3) is 5.91 Å². The summed E-state index contributed by atoms with van der Waals surface area (Å²) in [6, 6.07) is 16.6. The standard InChI is InChI=1S/C28H29N3O6S/c1-28(2)27(32)31-26-21(16-30(31)23-7-5-6-8-24(23)35-3)19(13-14-22(26)29-28)20-12-9-17(15-25(20)36-4)37-38(33,34)18-10-11-18/h5-9,12-15,18,29H,10-11,16H2,1-4H3. The summed E-state index contributed by atoms with van der Waals surface area (Å²) in [6.07, 6.45) is 1.25. The van der Waals surface area contributed by atoms with E-state index in [0.29, 0.717) is 30.9 Å². The van der Waals surface area contributed by atoms with Crippen LogP contribution in [-0.4, -0.2) is 39.3 Å². The second-order valence-corrected chi connectivity index (χ2v) is 12.0. The van der Waals surface area contributed by atoms with E-state index >= 15 is 0 Å². The first kappa shape index (κ1) is 24.4. The quantitative estimate of drug-likeness (QED) is 0.435. The maximum absolute atomic E-state index is 13.7. The monoisotopic (exact) mass is 535 g/mol. The smallest absolute Gasteiger partial charge is 0.312 e. The Morgan fingerprint density at radius 1 is 0.947 bits per heavy atom.